The van der Waals surface area contributed by atoms with E-state index in [1.807, 2.05) is 12.3 Å². The Morgan fingerprint density at radius 3 is 2.95 bits per heavy atom. The Morgan fingerprint density at radius 1 is 1.29 bits per heavy atom. The molecule has 3 rings (SSSR count). The molecule has 0 radical (unpaired) electrons. The molecule has 0 bridgehead atoms. The Kier molecular flexibility index (Phi) is 4.40. The summed E-state index contributed by atoms with van der Waals surface area (Å²) >= 11 is 0. The van der Waals surface area contributed by atoms with Gasteiger partial charge in [-0.05, 0) is 24.6 Å². The molecule has 1 aromatic carbocycles. The fraction of sp³-hybridized carbons (Fsp3) is 0.438. The molecule has 112 valence electrons. The van der Waals surface area contributed by atoms with Gasteiger partial charge in [-0.1, -0.05) is 6.07 Å². The third-order valence-electron chi connectivity index (χ3n) is 3.64. The second kappa shape index (κ2) is 6.63. The largest absolute Gasteiger partial charge is 0.490 e. The first-order valence-corrected chi connectivity index (χ1v) is 7.44. The number of nitrogens with zero attached hydrogens (tertiary/aromatic N) is 1. The Bertz CT molecular complexity index is 569. The van der Waals surface area contributed by atoms with Crippen molar-refractivity contribution >= 4 is 0 Å². The van der Waals surface area contributed by atoms with Gasteiger partial charge in [0.2, 0.25) is 0 Å². The molecule has 2 aromatic rings. The molecule has 5 nitrogen and oxygen atoms in total. The number of fused-ring (bicyclic) bond motifs is 1. The molecular weight excluding hydrogens is 266 g/mol. The topological polar surface area (TPSA) is 59.2 Å². The average molecular weight is 287 g/mol. The van der Waals surface area contributed by atoms with Crippen molar-refractivity contribution in [2.24, 2.45) is 0 Å². The minimum Gasteiger partial charge on any atom is -0.490 e. The fourth-order valence-electron chi connectivity index (χ4n) is 2.41. The third-order valence-corrected chi connectivity index (χ3v) is 3.64. The first-order chi connectivity index (χ1) is 10.3. The smallest absolute Gasteiger partial charge is 0.161 e. The molecule has 0 fully saturated rings. The van der Waals surface area contributed by atoms with E-state index >= 15 is 0 Å². The van der Waals surface area contributed by atoms with E-state index in [1.54, 1.807) is 6.20 Å². The molecule has 5 heteroatoms. The molecule has 0 saturated carbocycles. The van der Waals surface area contributed by atoms with Crippen LogP contribution in [0.25, 0.3) is 0 Å². The Hall–Kier alpha value is -2.01. The maximum absolute atomic E-state index is 5.73. The zero-order valence-electron chi connectivity index (χ0n) is 12.3. The lowest BCUT2D eigenvalue weighted by Crippen LogP contribution is -2.21. The Balaban J connectivity index is 1.59. The maximum atomic E-state index is 5.73. The number of ether oxygens (including phenoxy) is 2. The lowest BCUT2D eigenvalue weighted by atomic mass is 10.1. The number of rotatable bonds is 5. The van der Waals surface area contributed by atoms with Gasteiger partial charge in [-0.15, -0.1) is 0 Å². The highest BCUT2D eigenvalue weighted by molar-refractivity contribution is 5.44. The summed E-state index contributed by atoms with van der Waals surface area (Å²) in [4.78, 5) is 7.33. The summed E-state index contributed by atoms with van der Waals surface area (Å²) < 4.78 is 11.4. The van der Waals surface area contributed by atoms with Crippen LogP contribution in [0.3, 0.4) is 0 Å². The van der Waals surface area contributed by atoms with Gasteiger partial charge in [0, 0.05) is 37.8 Å². The van der Waals surface area contributed by atoms with E-state index in [2.05, 4.69) is 34.3 Å². The van der Waals surface area contributed by atoms with E-state index < -0.39 is 0 Å². The maximum Gasteiger partial charge on any atom is 0.161 e. The first kappa shape index (κ1) is 13.9. The van der Waals surface area contributed by atoms with Crippen LogP contribution in [0.4, 0.5) is 0 Å². The molecule has 0 aliphatic carbocycles. The molecule has 0 spiro atoms. The van der Waals surface area contributed by atoms with Crippen molar-refractivity contribution < 1.29 is 9.47 Å². The molecule has 1 aliphatic rings. The summed E-state index contributed by atoms with van der Waals surface area (Å²) in [5, 5.41) is 3.50. The minimum absolute atomic E-state index is 0.261. The van der Waals surface area contributed by atoms with Gasteiger partial charge in [-0.2, -0.15) is 0 Å². The van der Waals surface area contributed by atoms with Gasteiger partial charge in [0.15, 0.2) is 11.5 Å². The molecule has 1 aromatic heterocycles. The monoisotopic (exact) mass is 287 g/mol. The van der Waals surface area contributed by atoms with Gasteiger partial charge in [-0.3, -0.25) is 0 Å². The number of H-pyrrole nitrogens is 1. The lowest BCUT2D eigenvalue weighted by Gasteiger charge is -2.16. The number of nitrogens with one attached hydrogen (secondary N) is 2. The number of imidazole rings is 1. The van der Waals surface area contributed by atoms with Crippen molar-refractivity contribution in [3.05, 3.63) is 42.0 Å². The highest BCUT2D eigenvalue weighted by Gasteiger charge is 2.13. The second-order valence-corrected chi connectivity index (χ2v) is 5.22. The molecular formula is C16H21N3O2. The van der Waals surface area contributed by atoms with Crippen LogP contribution in [0.5, 0.6) is 11.5 Å². The van der Waals surface area contributed by atoms with Crippen molar-refractivity contribution in [1.82, 2.24) is 15.3 Å². The van der Waals surface area contributed by atoms with Gasteiger partial charge in [-0.25, -0.2) is 4.98 Å². The average Bonchev–Trinajstić information content (AvgIpc) is 2.90. The van der Waals surface area contributed by atoms with Crippen LogP contribution in [0.15, 0.2) is 30.6 Å². The van der Waals surface area contributed by atoms with Crippen molar-refractivity contribution in [3.8, 4) is 11.5 Å². The molecule has 1 unspecified atom stereocenters. The van der Waals surface area contributed by atoms with E-state index in [0.717, 1.165) is 49.9 Å². The summed E-state index contributed by atoms with van der Waals surface area (Å²) in [5.41, 5.74) is 1.21. The van der Waals surface area contributed by atoms with Gasteiger partial charge >= 0.3 is 0 Å². The minimum atomic E-state index is 0.261. The van der Waals surface area contributed by atoms with Crippen LogP contribution >= 0.6 is 0 Å². The highest BCUT2D eigenvalue weighted by atomic mass is 16.5. The summed E-state index contributed by atoms with van der Waals surface area (Å²) in [5.74, 6) is 2.71. The van der Waals surface area contributed by atoms with Gasteiger partial charge < -0.3 is 19.8 Å². The number of benzene rings is 1. The summed E-state index contributed by atoms with van der Waals surface area (Å²) in [7, 11) is 0. The van der Waals surface area contributed by atoms with Crippen LogP contribution < -0.4 is 14.8 Å². The summed E-state index contributed by atoms with van der Waals surface area (Å²) in [6.07, 6.45) is 5.45. The number of hydrogen-bond acceptors (Lipinski definition) is 4. The van der Waals surface area contributed by atoms with E-state index in [9.17, 15) is 0 Å². The SMILES string of the molecule is CC(NCCc1ncc[nH]1)c1ccc2c(c1)OCCCO2. The summed E-state index contributed by atoms with van der Waals surface area (Å²) in [6, 6.07) is 6.43. The quantitative estimate of drug-likeness (QED) is 0.887. The van der Waals surface area contributed by atoms with Crippen molar-refractivity contribution in [3.63, 3.8) is 0 Å². The van der Waals surface area contributed by atoms with Gasteiger partial charge in [0.05, 0.1) is 13.2 Å². The van der Waals surface area contributed by atoms with Crippen molar-refractivity contribution in [2.45, 2.75) is 25.8 Å². The second-order valence-electron chi connectivity index (χ2n) is 5.22. The first-order valence-electron chi connectivity index (χ1n) is 7.44. The third kappa shape index (κ3) is 3.55. The molecule has 0 amide bonds. The summed E-state index contributed by atoms with van der Waals surface area (Å²) in [6.45, 7) is 4.48. The van der Waals surface area contributed by atoms with E-state index in [1.165, 1.54) is 5.56 Å². The van der Waals surface area contributed by atoms with Crippen LogP contribution in [0.2, 0.25) is 0 Å². The fourth-order valence-corrected chi connectivity index (χ4v) is 2.41. The molecule has 1 atom stereocenters. The van der Waals surface area contributed by atoms with Crippen LogP contribution in [0, 0.1) is 0 Å². The number of aromatic amines is 1. The zero-order valence-corrected chi connectivity index (χ0v) is 12.3. The van der Waals surface area contributed by atoms with Crippen LogP contribution in [0.1, 0.15) is 30.8 Å². The molecule has 2 N–H and O–H groups in total. The molecule has 2 heterocycles. The Labute approximate surface area is 124 Å². The van der Waals surface area contributed by atoms with Crippen LogP contribution in [-0.2, 0) is 6.42 Å². The lowest BCUT2D eigenvalue weighted by molar-refractivity contribution is 0.297. The predicted molar refractivity (Wildman–Crippen MR) is 80.8 cm³/mol. The molecule has 21 heavy (non-hydrogen) atoms. The number of aromatic nitrogens is 2. The molecule has 1 aliphatic heterocycles. The Morgan fingerprint density at radius 2 is 2.14 bits per heavy atom. The number of hydrogen-bond donors (Lipinski definition) is 2. The standard InChI is InChI=1S/C16H21N3O2/c1-12(17-6-5-16-18-7-8-19-16)13-3-4-14-15(11-13)21-10-2-9-20-14/h3-4,7-8,11-12,17H,2,5-6,9-10H2,1H3,(H,18,19). The van der Waals surface area contributed by atoms with E-state index in [0.29, 0.717) is 0 Å². The van der Waals surface area contributed by atoms with E-state index in [-0.39, 0.29) is 6.04 Å². The van der Waals surface area contributed by atoms with E-state index in [4.69, 9.17) is 9.47 Å². The predicted octanol–water partition coefficient (Wildman–Crippen LogP) is 2.46. The van der Waals surface area contributed by atoms with Gasteiger partial charge in [0.1, 0.15) is 5.82 Å². The zero-order chi connectivity index (χ0) is 14.5. The van der Waals surface area contributed by atoms with Crippen molar-refractivity contribution in [2.75, 3.05) is 19.8 Å². The van der Waals surface area contributed by atoms with Crippen LogP contribution in [-0.4, -0.2) is 29.7 Å². The normalized spacial score (nSPS) is 15.5. The molecule has 0 saturated heterocycles. The highest BCUT2D eigenvalue weighted by Crippen LogP contribution is 2.32. The van der Waals surface area contributed by atoms with Crippen molar-refractivity contribution in [1.29, 1.82) is 0 Å². The van der Waals surface area contributed by atoms with Gasteiger partial charge in [0.25, 0.3) is 0 Å².